The summed E-state index contributed by atoms with van der Waals surface area (Å²) in [5, 5.41) is 6.40. The van der Waals surface area contributed by atoms with E-state index in [1.165, 1.54) is 0 Å². The second-order valence-corrected chi connectivity index (χ2v) is 16.5. The molecule has 13 heteroatoms. The summed E-state index contributed by atoms with van der Waals surface area (Å²) >= 11 is 5.22. The molecule has 4 amide bonds. The minimum atomic E-state index is -2.64. The Balaban J connectivity index is 0.817. The number of amides is 4. The van der Waals surface area contributed by atoms with Gasteiger partial charge in [-0.1, -0.05) is 54.4 Å². The zero-order valence-electron chi connectivity index (χ0n) is 32.2. The Morgan fingerprint density at radius 1 is 0.983 bits per heavy atom. The summed E-state index contributed by atoms with van der Waals surface area (Å²) in [4.78, 5) is 54.5. The number of fused-ring (bicyclic) bond motifs is 2. The maximum atomic E-state index is 14.1. The second kappa shape index (κ2) is 16.4. The SMILES string of the molecule is NC(=S)c1cccc(-c2cn(C3CCC(F)(F)CC3)c3cc(NC(=O)CC4CN(CCCCC#Cc5cccc6c5CN(C5CCC(=O)NC5=O)C6=O)C4)ccc23)c1. The number of unbranched alkanes of at least 4 members (excludes halogenated alkanes) is 2. The summed E-state index contributed by atoms with van der Waals surface area (Å²) in [6, 6.07) is 18.3. The summed E-state index contributed by atoms with van der Waals surface area (Å²) in [7, 11) is 0. The van der Waals surface area contributed by atoms with Crippen LogP contribution >= 0.6 is 12.2 Å². The molecule has 300 valence electrons. The average Bonchev–Trinajstić information content (AvgIpc) is 3.72. The van der Waals surface area contributed by atoms with E-state index in [1.54, 1.807) is 11.0 Å². The van der Waals surface area contributed by atoms with Crippen molar-refractivity contribution in [1.29, 1.82) is 0 Å². The number of rotatable bonds is 11. The Hall–Kier alpha value is -5.45. The predicted octanol–water partition coefficient (Wildman–Crippen LogP) is 6.94. The number of likely N-dealkylation sites (tertiary alicyclic amines) is 1. The van der Waals surface area contributed by atoms with Crippen LogP contribution in [0.3, 0.4) is 0 Å². The number of nitrogens with zero attached hydrogens (tertiary/aromatic N) is 3. The van der Waals surface area contributed by atoms with Gasteiger partial charge in [0.25, 0.3) is 5.91 Å². The first-order chi connectivity index (χ1) is 27.9. The molecule has 4 aliphatic rings. The molecule has 0 radical (unpaired) electrons. The van der Waals surface area contributed by atoms with Gasteiger partial charge in [-0.3, -0.25) is 24.5 Å². The van der Waals surface area contributed by atoms with Crippen LogP contribution in [-0.4, -0.2) is 74.6 Å². The van der Waals surface area contributed by atoms with Gasteiger partial charge in [0.15, 0.2) is 0 Å². The molecule has 3 fully saturated rings. The van der Waals surface area contributed by atoms with Crippen LogP contribution < -0.4 is 16.4 Å². The highest BCUT2D eigenvalue weighted by Crippen LogP contribution is 2.42. The van der Waals surface area contributed by atoms with Crippen LogP contribution in [0.1, 0.15) is 97.3 Å². The third-order valence-corrected chi connectivity index (χ3v) is 12.2. The van der Waals surface area contributed by atoms with Gasteiger partial charge in [0.05, 0.1) is 5.52 Å². The van der Waals surface area contributed by atoms with Crippen molar-refractivity contribution in [2.75, 3.05) is 25.0 Å². The molecule has 0 spiro atoms. The Morgan fingerprint density at radius 3 is 2.55 bits per heavy atom. The van der Waals surface area contributed by atoms with Crippen LogP contribution in [0, 0.1) is 17.8 Å². The standard InChI is InChI=1S/C45H46F2N6O4S/c46-45(47)18-16-33(17-19-45)52-26-37(30-9-5-10-31(22-30)42(48)58)34-13-12-32(23-39(34)52)49-41(55)21-28-24-51(25-28)20-4-2-1-3-7-29-8-6-11-35-36(29)27-53(44(35)57)38-14-15-40(54)50-43(38)56/h5-6,8-13,22-23,26,28,33,38H,1-2,4,14-21,24-25,27H2,(H2,48,58)(H,49,55)(H,50,54,56). The molecule has 4 aromatic rings. The number of nitrogens with one attached hydrogen (secondary N) is 2. The third-order valence-electron chi connectivity index (χ3n) is 12.0. The molecule has 1 saturated carbocycles. The maximum absolute atomic E-state index is 14.1. The number of hydrogen-bond acceptors (Lipinski definition) is 6. The van der Waals surface area contributed by atoms with Crippen LogP contribution in [-0.2, 0) is 20.9 Å². The van der Waals surface area contributed by atoms with E-state index in [1.807, 2.05) is 60.8 Å². The van der Waals surface area contributed by atoms with Gasteiger partial charge in [0.2, 0.25) is 23.6 Å². The first-order valence-electron chi connectivity index (χ1n) is 20.1. The molecule has 1 aromatic heterocycles. The fraction of sp³-hybridized carbons (Fsp3) is 0.400. The molecule has 10 nitrogen and oxygen atoms in total. The monoisotopic (exact) mass is 804 g/mol. The van der Waals surface area contributed by atoms with Crippen molar-refractivity contribution < 1.29 is 28.0 Å². The van der Waals surface area contributed by atoms with Crippen molar-refractivity contribution in [3.05, 3.63) is 89.1 Å². The van der Waals surface area contributed by atoms with Crippen molar-refractivity contribution in [3.8, 4) is 23.0 Å². The molecule has 1 atom stereocenters. The summed E-state index contributed by atoms with van der Waals surface area (Å²) in [5.41, 5.74) is 12.3. The number of alkyl halides is 2. The van der Waals surface area contributed by atoms with Gasteiger partial charge in [0.1, 0.15) is 11.0 Å². The van der Waals surface area contributed by atoms with Crippen LogP contribution in [0.4, 0.5) is 14.5 Å². The Bertz CT molecular complexity index is 2370. The van der Waals surface area contributed by atoms with Crippen LogP contribution in [0.5, 0.6) is 0 Å². The molecular weight excluding hydrogens is 759 g/mol. The summed E-state index contributed by atoms with van der Waals surface area (Å²) in [6.07, 6.45) is 6.05. The highest BCUT2D eigenvalue weighted by Gasteiger charge is 2.40. The minimum absolute atomic E-state index is 0.0478. The zero-order valence-corrected chi connectivity index (χ0v) is 33.0. The molecule has 8 rings (SSSR count). The first-order valence-corrected chi connectivity index (χ1v) is 20.5. The van der Waals surface area contributed by atoms with E-state index in [4.69, 9.17) is 18.0 Å². The van der Waals surface area contributed by atoms with Gasteiger partial charge < -0.3 is 25.4 Å². The van der Waals surface area contributed by atoms with Crippen molar-refractivity contribution in [2.45, 2.75) is 88.8 Å². The summed E-state index contributed by atoms with van der Waals surface area (Å²) in [5.74, 6) is 3.14. The largest absolute Gasteiger partial charge is 0.389 e. The topological polar surface area (TPSA) is 130 Å². The Labute approximate surface area is 341 Å². The Morgan fingerprint density at radius 2 is 1.78 bits per heavy atom. The van der Waals surface area contributed by atoms with E-state index in [9.17, 15) is 28.0 Å². The molecule has 3 aliphatic heterocycles. The highest BCUT2D eigenvalue weighted by atomic mass is 32.1. The summed E-state index contributed by atoms with van der Waals surface area (Å²) in [6.45, 7) is 2.95. The van der Waals surface area contributed by atoms with Crippen molar-refractivity contribution in [2.24, 2.45) is 11.7 Å². The highest BCUT2D eigenvalue weighted by molar-refractivity contribution is 7.80. The molecule has 0 bridgehead atoms. The van der Waals surface area contributed by atoms with Gasteiger partial charge in [-0.05, 0) is 86.0 Å². The lowest BCUT2D eigenvalue weighted by Crippen LogP contribution is -2.52. The van der Waals surface area contributed by atoms with Crippen molar-refractivity contribution in [3.63, 3.8) is 0 Å². The molecule has 1 unspecified atom stereocenters. The normalized spacial score (nSPS) is 19.7. The van der Waals surface area contributed by atoms with Gasteiger partial charge in [-0.2, -0.15) is 0 Å². The van der Waals surface area contributed by atoms with E-state index >= 15 is 0 Å². The minimum Gasteiger partial charge on any atom is -0.389 e. The number of carbonyl (C=O) groups is 4. The van der Waals surface area contributed by atoms with Crippen LogP contribution in [0.15, 0.2) is 66.9 Å². The molecule has 4 N–H and O–H groups in total. The van der Waals surface area contributed by atoms with Crippen molar-refractivity contribution >= 4 is 57.4 Å². The van der Waals surface area contributed by atoms with E-state index in [-0.39, 0.29) is 48.9 Å². The number of piperidine rings is 1. The number of aromatic nitrogens is 1. The molecule has 4 heterocycles. The van der Waals surface area contributed by atoms with Gasteiger partial charge in [-0.15, -0.1) is 0 Å². The number of halogens is 2. The number of hydrogen-bond donors (Lipinski definition) is 3. The third kappa shape index (κ3) is 8.40. The lowest BCUT2D eigenvalue weighted by Gasteiger charge is -2.39. The second-order valence-electron chi connectivity index (χ2n) is 16.1. The van der Waals surface area contributed by atoms with Gasteiger partial charge in [-0.25, -0.2) is 8.78 Å². The number of imide groups is 1. The molecule has 2 saturated heterocycles. The maximum Gasteiger partial charge on any atom is 0.255 e. The molecule has 1 aliphatic carbocycles. The lowest BCUT2D eigenvalue weighted by atomic mass is 9.92. The smallest absolute Gasteiger partial charge is 0.255 e. The fourth-order valence-electron chi connectivity index (χ4n) is 8.88. The van der Waals surface area contributed by atoms with Crippen LogP contribution in [0.2, 0.25) is 0 Å². The zero-order chi connectivity index (χ0) is 40.6. The Kier molecular flexibility index (Phi) is 11.2. The molecule has 3 aromatic carbocycles. The number of carbonyl (C=O) groups excluding carboxylic acids is 4. The first kappa shape index (κ1) is 39.4. The van der Waals surface area contributed by atoms with E-state index < -0.39 is 17.9 Å². The van der Waals surface area contributed by atoms with Gasteiger partial charge in [0, 0.05) is 97.3 Å². The summed E-state index contributed by atoms with van der Waals surface area (Å²) < 4.78 is 30.4. The quantitative estimate of drug-likeness (QED) is 0.0649. The van der Waals surface area contributed by atoms with E-state index in [0.29, 0.717) is 54.9 Å². The lowest BCUT2D eigenvalue weighted by molar-refractivity contribution is -0.137. The number of benzene rings is 3. The fourth-order valence-corrected chi connectivity index (χ4v) is 9.00. The average molecular weight is 805 g/mol. The van der Waals surface area contributed by atoms with E-state index in [0.717, 1.165) is 71.2 Å². The van der Waals surface area contributed by atoms with Gasteiger partial charge >= 0.3 is 0 Å². The molecular formula is C45H46F2N6O4S. The number of thiocarbonyl (C=S) groups is 1. The van der Waals surface area contributed by atoms with E-state index in [2.05, 4.69) is 31.9 Å². The van der Waals surface area contributed by atoms with Crippen LogP contribution in [0.25, 0.3) is 22.0 Å². The van der Waals surface area contributed by atoms with Crippen molar-refractivity contribution in [1.82, 2.24) is 19.7 Å². The molecule has 58 heavy (non-hydrogen) atoms. The predicted molar refractivity (Wildman–Crippen MR) is 222 cm³/mol. The number of anilines is 1. The number of nitrogens with two attached hydrogens (primary N) is 1.